The van der Waals surface area contributed by atoms with Crippen LogP contribution in [0, 0.1) is 11.3 Å². The van der Waals surface area contributed by atoms with Gasteiger partial charge in [0.2, 0.25) is 5.95 Å². The lowest BCUT2D eigenvalue weighted by molar-refractivity contribution is -0.138. The third-order valence-electron chi connectivity index (χ3n) is 2.55. The molecule has 82 valence electrons. The minimum absolute atomic E-state index is 0.251. The molecule has 1 atom stereocenters. The highest BCUT2D eigenvalue weighted by molar-refractivity contribution is 5.78. The van der Waals surface area contributed by atoms with Crippen LogP contribution in [0.5, 0.6) is 0 Å². The Morgan fingerprint density at radius 2 is 2.50 bits per heavy atom. The number of rotatable bonds is 2. The number of carboxylic acids is 1. The summed E-state index contributed by atoms with van der Waals surface area (Å²) in [6.07, 6.45) is 2.87. The van der Waals surface area contributed by atoms with Gasteiger partial charge in [0.1, 0.15) is 17.8 Å². The lowest BCUT2D eigenvalue weighted by atomic mass is 10.2. The van der Waals surface area contributed by atoms with Crippen molar-refractivity contribution in [1.82, 2.24) is 9.97 Å². The smallest absolute Gasteiger partial charge is 0.326 e. The Kier molecular flexibility index (Phi) is 2.68. The second-order valence-corrected chi connectivity index (χ2v) is 3.54. The Bertz CT molecular complexity index is 454. The maximum atomic E-state index is 11.0. The van der Waals surface area contributed by atoms with E-state index in [1.807, 2.05) is 6.07 Å². The van der Waals surface area contributed by atoms with Gasteiger partial charge in [-0.25, -0.2) is 14.8 Å². The summed E-state index contributed by atoms with van der Waals surface area (Å²) in [5.41, 5.74) is 0.251. The summed E-state index contributed by atoms with van der Waals surface area (Å²) in [7, 11) is 0. The number of hydrogen-bond acceptors (Lipinski definition) is 5. The Morgan fingerprint density at radius 1 is 1.69 bits per heavy atom. The highest BCUT2D eigenvalue weighted by atomic mass is 16.4. The first-order valence-corrected chi connectivity index (χ1v) is 4.95. The molecule has 1 N–H and O–H groups in total. The number of aromatic nitrogens is 2. The number of anilines is 1. The molecule has 1 aliphatic heterocycles. The summed E-state index contributed by atoms with van der Waals surface area (Å²) in [4.78, 5) is 20.6. The van der Waals surface area contributed by atoms with E-state index in [0.717, 1.165) is 6.42 Å². The molecule has 16 heavy (non-hydrogen) atoms. The van der Waals surface area contributed by atoms with Gasteiger partial charge in [-0.3, -0.25) is 0 Å². The molecular formula is C10H10N4O2. The Hall–Kier alpha value is -2.16. The molecule has 2 rings (SSSR count). The van der Waals surface area contributed by atoms with E-state index in [4.69, 9.17) is 10.4 Å². The van der Waals surface area contributed by atoms with Crippen molar-refractivity contribution in [3.63, 3.8) is 0 Å². The van der Waals surface area contributed by atoms with Crippen LogP contribution in [0.2, 0.25) is 0 Å². The van der Waals surface area contributed by atoms with Gasteiger partial charge in [0.15, 0.2) is 0 Å². The molecule has 0 spiro atoms. The van der Waals surface area contributed by atoms with E-state index in [9.17, 15) is 4.79 Å². The summed E-state index contributed by atoms with van der Waals surface area (Å²) < 4.78 is 0. The molecule has 0 aromatic carbocycles. The molecule has 1 aromatic heterocycles. The van der Waals surface area contributed by atoms with E-state index < -0.39 is 12.0 Å². The average molecular weight is 218 g/mol. The van der Waals surface area contributed by atoms with Gasteiger partial charge in [0.05, 0.1) is 0 Å². The van der Waals surface area contributed by atoms with Crippen LogP contribution in [0.1, 0.15) is 18.5 Å². The third-order valence-corrected chi connectivity index (χ3v) is 2.55. The van der Waals surface area contributed by atoms with Crippen molar-refractivity contribution in [2.45, 2.75) is 18.9 Å². The van der Waals surface area contributed by atoms with E-state index >= 15 is 0 Å². The maximum absolute atomic E-state index is 11.0. The molecule has 1 unspecified atom stereocenters. The first-order chi connectivity index (χ1) is 7.72. The number of nitriles is 1. The van der Waals surface area contributed by atoms with Crippen molar-refractivity contribution in [3.8, 4) is 6.07 Å². The van der Waals surface area contributed by atoms with Gasteiger partial charge in [-0.15, -0.1) is 0 Å². The first-order valence-electron chi connectivity index (χ1n) is 4.95. The molecule has 0 radical (unpaired) electrons. The van der Waals surface area contributed by atoms with Gasteiger partial charge in [-0.2, -0.15) is 5.26 Å². The molecule has 0 amide bonds. The third kappa shape index (κ3) is 1.80. The summed E-state index contributed by atoms with van der Waals surface area (Å²) in [6, 6.07) is 2.83. The Balaban J connectivity index is 2.29. The monoisotopic (exact) mass is 218 g/mol. The topological polar surface area (TPSA) is 90.1 Å². The Morgan fingerprint density at radius 3 is 3.19 bits per heavy atom. The second-order valence-electron chi connectivity index (χ2n) is 3.54. The van der Waals surface area contributed by atoms with Gasteiger partial charge in [-0.05, 0) is 18.9 Å². The summed E-state index contributed by atoms with van der Waals surface area (Å²) in [6.45, 7) is 0.617. The van der Waals surface area contributed by atoms with Crippen LogP contribution in [0.3, 0.4) is 0 Å². The van der Waals surface area contributed by atoms with Crippen LogP contribution in [0.15, 0.2) is 12.3 Å². The minimum Gasteiger partial charge on any atom is -0.480 e. The normalized spacial score (nSPS) is 19.4. The van der Waals surface area contributed by atoms with Crippen LogP contribution in [-0.4, -0.2) is 33.6 Å². The maximum Gasteiger partial charge on any atom is 0.326 e. The number of aliphatic carboxylic acids is 1. The molecular weight excluding hydrogens is 208 g/mol. The number of carboxylic acid groups (broad SMARTS) is 1. The average Bonchev–Trinajstić information content (AvgIpc) is 2.78. The van der Waals surface area contributed by atoms with Gasteiger partial charge < -0.3 is 10.0 Å². The highest BCUT2D eigenvalue weighted by Crippen LogP contribution is 2.22. The lowest BCUT2D eigenvalue weighted by Gasteiger charge is -2.20. The zero-order valence-corrected chi connectivity index (χ0v) is 8.50. The fraction of sp³-hybridized carbons (Fsp3) is 0.400. The van der Waals surface area contributed by atoms with Crippen LogP contribution in [-0.2, 0) is 4.79 Å². The van der Waals surface area contributed by atoms with E-state index in [0.29, 0.717) is 18.9 Å². The van der Waals surface area contributed by atoms with E-state index in [2.05, 4.69) is 9.97 Å². The van der Waals surface area contributed by atoms with Crippen molar-refractivity contribution >= 4 is 11.9 Å². The molecule has 0 saturated carbocycles. The van der Waals surface area contributed by atoms with Crippen molar-refractivity contribution in [3.05, 3.63) is 18.0 Å². The highest BCUT2D eigenvalue weighted by Gasteiger charge is 2.32. The zero-order valence-electron chi connectivity index (χ0n) is 8.50. The van der Waals surface area contributed by atoms with E-state index in [1.165, 1.54) is 12.3 Å². The van der Waals surface area contributed by atoms with Crippen LogP contribution in [0.25, 0.3) is 0 Å². The fourth-order valence-electron chi connectivity index (χ4n) is 1.81. The van der Waals surface area contributed by atoms with Crippen LogP contribution < -0.4 is 4.90 Å². The van der Waals surface area contributed by atoms with Gasteiger partial charge >= 0.3 is 5.97 Å². The predicted octanol–water partition coefficient (Wildman–Crippen LogP) is 0.402. The molecule has 1 fully saturated rings. The van der Waals surface area contributed by atoms with Crippen molar-refractivity contribution in [2.75, 3.05) is 11.4 Å². The Labute approximate surface area is 92.2 Å². The molecule has 1 aromatic rings. The zero-order chi connectivity index (χ0) is 11.5. The van der Waals surface area contributed by atoms with E-state index in [1.54, 1.807) is 4.90 Å². The molecule has 0 bridgehead atoms. The lowest BCUT2D eigenvalue weighted by Crippen LogP contribution is -2.37. The number of carbonyl (C=O) groups is 1. The van der Waals surface area contributed by atoms with Crippen LogP contribution in [0.4, 0.5) is 5.95 Å². The SMILES string of the molecule is N#Cc1ccnc(N2CCCC2C(=O)O)n1. The molecule has 6 heteroatoms. The van der Waals surface area contributed by atoms with Crippen LogP contribution >= 0.6 is 0 Å². The number of hydrogen-bond donors (Lipinski definition) is 1. The van der Waals surface area contributed by atoms with E-state index in [-0.39, 0.29) is 5.69 Å². The minimum atomic E-state index is -0.872. The molecule has 0 aliphatic carbocycles. The first kappa shape index (κ1) is 10.4. The fourth-order valence-corrected chi connectivity index (χ4v) is 1.81. The van der Waals surface area contributed by atoms with Crippen molar-refractivity contribution in [2.24, 2.45) is 0 Å². The predicted molar refractivity (Wildman–Crippen MR) is 54.8 cm³/mol. The standard InChI is InChI=1S/C10H10N4O2/c11-6-7-3-4-12-10(13-7)14-5-1-2-8(14)9(15)16/h3-4,8H,1-2,5H2,(H,15,16). The van der Waals surface area contributed by atoms with Gasteiger partial charge in [-0.1, -0.05) is 0 Å². The van der Waals surface area contributed by atoms with Gasteiger partial charge in [0.25, 0.3) is 0 Å². The van der Waals surface area contributed by atoms with Crippen molar-refractivity contribution < 1.29 is 9.90 Å². The largest absolute Gasteiger partial charge is 0.480 e. The number of nitrogens with zero attached hydrogens (tertiary/aromatic N) is 4. The van der Waals surface area contributed by atoms with Gasteiger partial charge in [0, 0.05) is 12.7 Å². The second kappa shape index (κ2) is 4.14. The quantitative estimate of drug-likeness (QED) is 0.772. The molecule has 1 saturated heterocycles. The molecule has 1 aliphatic rings. The summed E-state index contributed by atoms with van der Waals surface area (Å²) in [5, 5.41) is 17.7. The summed E-state index contributed by atoms with van der Waals surface area (Å²) >= 11 is 0. The summed E-state index contributed by atoms with van der Waals surface area (Å²) in [5.74, 6) is -0.549. The molecule has 6 nitrogen and oxygen atoms in total. The molecule has 2 heterocycles. The van der Waals surface area contributed by atoms with Crippen molar-refractivity contribution in [1.29, 1.82) is 5.26 Å².